The number of carbonyl (C=O) groups is 1. The van der Waals surface area contributed by atoms with Crippen LogP contribution in [0.4, 0.5) is 0 Å². The van der Waals surface area contributed by atoms with Crippen molar-refractivity contribution >= 4 is 5.97 Å². The number of hydrogen-bond donors (Lipinski definition) is 1. The maximum Gasteiger partial charge on any atom is 0.323 e. The first-order chi connectivity index (χ1) is 8.95. The molecule has 0 amide bonds. The summed E-state index contributed by atoms with van der Waals surface area (Å²) in [6.07, 6.45) is 3.53. The summed E-state index contributed by atoms with van der Waals surface area (Å²) in [5, 5.41) is 0. The third kappa shape index (κ3) is 5.11. The Morgan fingerprint density at radius 3 is 2.68 bits per heavy atom. The summed E-state index contributed by atoms with van der Waals surface area (Å²) in [7, 11) is 0. The molecule has 1 heterocycles. The van der Waals surface area contributed by atoms with E-state index < -0.39 is 6.04 Å². The third-order valence-electron chi connectivity index (χ3n) is 3.77. The van der Waals surface area contributed by atoms with Crippen molar-refractivity contribution in [2.75, 3.05) is 6.61 Å². The molecule has 1 rings (SSSR count). The van der Waals surface area contributed by atoms with Gasteiger partial charge in [0.05, 0.1) is 6.10 Å². The second-order valence-electron chi connectivity index (χ2n) is 6.04. The minimum absolute atomic E-state index is 0.0124. The molecule has 19 heavy (non-hydrogen) atoms. The average molecular weight is 271 g/mol. The summed E-state index contributed by atoms with van der Waals surface area (Å²) >= 11 is 0. The monoisotopic (exact) mass is 271 g/mol. The van der Waals surface area contributed by atoms with Crippen LogP contribution in [0.25, 0.3) is 0 Å². The molecule has 1 aliphatic rings. The Bertz CT molecular complexity index is 281. The molecule has 0 aromatic heterocycles. The zero-order valence-electron chi connectivity index (χ0n) is 12.7. The highest BCUT2D eigenvalue weighted by atomic mass is 16.6. The average Bonchev–Trinajstić information content (AvgIpc) is 2.39. The smallest absolute Gasteiger partial charge is 0.323 e. The van der Waals surface area contributed by atoms with Crippen molar-refractivity contribution in [1.82, 2.24) is 0 Å². The maximum atomic E-state index is 11.8. The molecular weight excluding hydrogens is 242 g/mol. The predicted octanol–water partition coefficient (Wildman–Crippen LogP) is 2.50. The lowest BCUT2D eigenvalue weighted by Crippen LogP contribution is -2.40. The molecule has 1 saturated heterocycles. The Kier molecular flexibility index (Phi) is 6.80. The summed E-state index contributed by atoms with van der Waals surface area (Å²) in [4.78, 5) is 11.8. The molecule has 0 saturated carbocycles. The van der Waals surface area contributed by atoms with Crippen LogP contribution >= 0.6 is 0 Å². The molecule has 112 valence electrons. The van der Waals surface area contributed by atoms with Crippen molar-refractivity contribution < 1.29 is 14.3 Å². The molecule has 0 spiro atoms. The van der Waals surface area contributed by atoms with Crippen molar-refractivity contribution in [2.24, 2.45) is 17.6 Å². The summed E-state index contributed by atoms with van der Waals surface area (Å²) in [5.74, 6) is 0.629. The predicted molar refractivity (Wildman–Crippen MR) is 75.7 cm³/mol. The van der Waals surface area contributed by atoms with Crippen molar-refractivity contribution in [3.8, 4) is 0 Å². The fourth-order valence-electron chi connectivity index (χ4n) is 2.61. The minimum atomic E-state index is -0.483. The number of esters is 1. The lowest BCUT2D eigenvalue weighted by atomic mass is 9.90. The summed E-state index contributed by atoms with van der Waals surface area (Å²) in [6.45, 7) is 9.05. The Balaban J connectivity index is 2.75. The van der Waals surface area contributed by atoms with Crippen molar-refractivity contribution in [3.05, 3.63) is 0 Å². The number of cyclic esters (lactones) is 1. The van der Waals surface area contributed by atoms with Gasteiger partial charge >= 0.3 is 5.97 Å². The zero-order valence-corrected chi connectivity index (χ0v) is 12.7. The van der Waals surface area contributed by atoms with Gasteiger partial charge in [0.15, 0.2) is 0 Å². The summed E-state index contributed by atoms with van der Waals surface area (Å²) in [5.41, 5.74) is 5.82. The molecule has 1 aliphatic heterocycles. The Morgan fingerprint density at radius 2 is 2.11 bits per heavy atom. The fraction of sp³-hybridized carbons (Fsp3) is 0.933. The van der Waals surface area contributed by atoms with Gasteiger partial charge in [-0.3, -0.25) is 4.79 Å². The SMILES string of the molecule is CC[C@H]1CCC[C@H](N)C(=O)O[C@@H](C)[C@@H]1OCC(C)C. The van der Waals surface area contributed by atoms with Gasteiger partial charge < -0.3 is 15.2 Å². The van der Waals surface area contributed by atoms with Gasteiger partial charge in [-0.05, 0) is 31.6 Å². The number of nitrogens with two attached hydrogens (primary N) is 1. The quantitative estimate of drug-likeness (QED) is 0.798. The molecule has 2 N–H and O–H groups in total. The van der Waals surface area contributed by atoms with Crippen LogP contribution in [0.5, 0.6) is 0 Å². The number of carbonyl (C=O) groups excluding carboxylic acids is 1. The van der Waals surface area contributed by atoms with Crippen LogP contribution in [-0.4, -0.2) is 30.8 Å². The van der Waals surface area contributed by atoms with E-state index in [1.807, 2.05) is 6.92 Å². The van der Waals surface area contributed by atoms with Crippen LogP contribution in [-0.2, 0) is 14.3 Å². The molecule has 4 nitrogen and oxygen atoms in total. The van der Waals surface area contributed by atoms with E-state index >= 15 is 0 Å². The van der Waals surface area contributed by atoms with Gasteiger partial charge in [0, 0.05) is 6.61 Å². The van der Waals surface area contributed by atoms with Crippen LogP contribution < -0.4 is 5.73 Å². The van der Waals surface area contributed by atoms with Gasteiger partial charge in [-0.2, -0.15) is 0 Å². The van der Waals surface area contributed by atoms with Crippen molar-refractivity contribution in [1.29, 1.82) is 0 Å². The minimum Gasteiger partial charge on any atom is -0.459 e. The van der Waals surface area contributed by atoms with Gasteiger partial charge in [-0.15, -0.1) is 0 Å². The van der Waals surface area contributed by atoms with Gasteiger partial charge in [0.25, 0.3) is 0 Å². The van der Waals surface area contributed by atoms with Crippen LogP contribution in [0.1, 0.15) is 53.4 Å². The molecule has 4 heteroatoms. The molecule has 0 unspecified atom stereocenters. The lowest BCUT2D eigenvalue weighted by Gasteiger charge is -2.31. The lowest BCUT2D eigenvalue weighted by molar-refractivity contribution is -0.160. The third-order valence-corrected chi connectivity index (χ3v) is 3.77. The first-order valence-corrected chi connectivity index (χ1v) is 7.53. The number of ether oxygens (including phenoxy) is 2. The maximum absolute atomic E-state index is 11.8. The summed E-state index contributed by atoms with van der Waals surface area (Å²) in [6, 6.07) is -0.483. The Morgan fingerprint density at radius 1 is 1.42 bits per heavy atom. The van der Waals surface area contributed by atoms with E-state index in [0.29, 0.717) is 24.9 Å². The highest BCUT2D eigenvalue weighted by molar-refractivity contribution is 5.75. The highest BCUT2D eigenvalue weighted by Crippen LogP contribution is 2.26. The van der Waals surface area contributed by atoms with Gasteiger partial charge in [-0.1, -0.05) is 33.6 Å². The normalized spacial score (nSPS) is 33.5. The molecule has 0 radical (unpaired) electrons. The second kappa shape index (κ2) is 7.85. The van der Waals surface area contributed by atoms with Crippen LogP contribution in [0.3, 0.4) is 0 Å². The summed E-state index contributed by atoms with van der Waals surface area (Å²) < 4.78 is 11.5. The number of hydrogen-bond acceptors (Lipinski definition) is 4. The fourth-order valence-corrected chi connectivity index (χ4v) is 2.61. The standard InChI is InChI=1S/C15H29NO3/c1-5-12-7-6-8-13(16)15(17)19-11(4)14(12)18-9-10(2)3/h10-14H,5-9,16H2,1-4H3/t11-,12-,13-,14-/m0/s1. The number of rotatable bonds is 4. The second-order valence-corrected chi connectivity index (χ2v) is 6.04. The molecule has 1 fully saturated rings. The highest BCUT2D eigenvalue weighted by Gasteiger charge is 2.32. The van der Waals surface area contributed by atoms with Crippen LogP contribution in [0, 0.1) is 11.8 Å². The van der Waals surface area contributed by atoms with Crippen molar-refractivity contribution in [2.45, 2.75) is 71.6 Å². The van der Waals surface area contributed by atoms with E-state index in [9.17, 15) is 4.79 Å². The van der Waals surface area contributed by atoms with Gasteiger partial charge in [0.2, 0.25) is 0 Å². The Hall–Kier alpha value is -0.610. The first-order valence-electron chi connectivity index (χ1n) is 7.53. The molecule has 0 aromatic carbocycles. The molecule has 0 aliphatic carbocycles. The Labute approximate surface area is 117 Å². The molecule has 0 aromatic rings. The van der Waals surface area contributed by atoms with Crippen LogP contribution in [0.15, 0.2) is 0 Å². The molecule has 4 atom stereocenters. The first kappa shape index (κ1) is 16.4. The van der Waals surface area contributed by atoms with E-state index in [1.165, 1.54) is 0 Å². The van der Waals surface area contributed by atoms with Crippen LogP contribution in [0.2, 0.25) is 0 Å². The zero-order chi connectivity index (χ0) is 14.4. The molecule has 0 bridgehead atoms. The van der Waals surface area contributed by atoms with E-state index in [0.717, 1.165) is 19.3 Å². The van der Waals surface area contributed by atoms with Gasteiger partial charge in [0.1, 0.15) is 12.1 Å². The van der Waals surface area contributed by atoms with E-state index in [-0.39, 0.29) is 18.2 Å². The molecular formula is C15H29NO3. The van der Waals surface area contributed by atoms with E-state index in [2.05, 4.69) is 20.8 Å². The van der Waals surface area contributed by atoms with E-state index in [1.54, 1.807) is 0 Å². The largest absolute Gasteiger partial charge is 0.459 e. The van der Waals surface area contributed by atoms with Gasteiger partial charge in [-0.25, -0.2) is 0 Å². The van der Waals surface area contributed by atoms with E-state index in [4.69, 9.17) is 15.2 Å². The van der Waals surface area contributed by atoms with Crippen molar-refractivity contribution in [3.63, 3.8) is 0 Å². The topological polar surface area (TPSA) is 61.6 Å².